The Hall–Kier alpha value is -3.32. The molecule has 0 bridgehead atoms. The number of carbonyl (C=O) groups is 1. The second-order valence-electron chi connectivity index (χ2n) is 6.38. The van der Waals surface area contributed by atoms with Crippen LogP contribution >= 0.6 is 11.3 Å². The van der Waals surface area contributed by atoms with Crippen molar-refractivity contribution in [1.29, 1.82) is 0 Å². The topological polar surface area (TPSA) is 68.0 Å². The summed E-state index contributed by atoms with van der Waals surface area (Å²) in [6.07, 6.45) is 0. The molecule has 2 aromatic heterocycles. The molecular weight excluding hydrogens is 377 g/mol. The minimum atomic E-state index is -1.09. The fourth-order valence-corrected chi connectivity index (χ4v) is 3.93. The molecule has 0 spiro atoms. The first-order chi connectivity index (χ1) is 13.5. The number of thiazole rings is 1. The van der Waals surface area contributed by atoms with Crippen LogP contribution in [0.4, 0.5) is 4.39 Å². The van der Waals surface area contributed by atoms with Crippen molar-refractivity contribution < 1.29 is 14.3 Å². The van der Waals surface area contributed by atoms with Crippen LogP contribution in [0.1, 0.15) is 21.6 Å². The largest absolute Gasteiger partial charge is 0.476 e. The average Bonchev–Trinajstić information content (AvgIpc) is 3.28. The molecule has 4 rings (SSSR count). The Kier molecular flexibility index (Phi) is 4.52. The van der Waals surface area contributed by atoms with Crippen LogP contribution in [-0.2, 0) is 0 Å². The number of aromatic nitrogens is 3. The molecule has 0 unspecified atom stereocenters. The highest BCUT2D eigenvalue weighted by molar-refractivity contribution is 7.12. The average molecular weight is 393 g/mol. The van der Waals surface area contributed by atoms with Gasteiger partial charge in [0.1, 0.15) is 5.82 Å². The van der Waals surface area contributed by atoms with E-state index >= 15 is 0 Å². The van der Waals surface area contributed by atoms with Gasteiger partial charge in [0.2, 0.25) is 5.13 Å². The van der Waals surface area contributed by atoms with Crippen LogP contribution in [0.3, 0.4) is 0 Å². The summed E-state index contributed by atoms with van der Waals surface area (Å²) < 4.78 is 15.3. The lowest BCUT2D eigenvalue weighted by atomic mass is 9.99. The zero-order valence-corrected chi connectivity index (χ0v) is 16.0. The van der Waals surface area contributed by atoms with Crippen molar-refractivity contribution >= 4 is 17.3 Å². The van der Waals surface area contributed by atoms with Crippen LogP contribution in [0.25, 0.3) is 27.6 Å². The van der Waals surface area contributed by atoms with Crippen molar-refractivity contribution in [2.45, 2.75) is 13.8 Å². The van der Waals surface area contributed by atoms with Crippen LogP contribution in [0, 0.1) is 19.7 Å². The molecule has 0 fully saturated rings. The van der Waals surface area contributed by atoms with Gasteiger partial charge in [-0.05, 0) is 37.6 Å². The highest BCUT2D eigenvalue weighted by Crippen LogP contribution is 2.36. The standard InChI is InChI=1S/C21H16FN3O2S/c1-12-10-15(22)8-9-16(12)19-13(2)18(14-6-4-3-5-7-14)24-25(19)21-23-17(11-28-21)20(26)27/h3-11H,1-2H3,(H,26,27). The monoisotopic (exact) mass is 393 g/mol. The van der Waals surface area contributed by atoms with Gasteiger partial charge in [0, 0.05) is 22.1 Å². The van der Waals surface area contributed by atoms with Gasteiger partial charge in [0.05, 0.1) is 11.4 Å². The minimum Gasteiger partial charge on any atom is -0.476 e. The lowest BCUT2D eigenvalue weighted by molar-refractivity contribution is 0.0691. The molecule has 28 heavy (non-hydrogen) atoms. The first kappa shape index (κ1) is 18.1. The molecule has 0 aliphatic heterocycles. The smallest absolute Gasteiger partial charge is 0.355 e. The Morgan fingerprint density at radius 2 is 1.89 bits per heavy atom. The van der Waals surface area contributed by atoms with E-state index in [-0.39, 0.29) is 11.5 Å². The molecule has 2 heterocycles. The molecule has 4 aromatic rings. The lowest BCUT2D eigenvalue weighted by Crippen LogP contribution is -2.02. The number of hydrogen-bond donors (Lipinski definition) is 1. The third kappa shape index (κ3) is 3.10. The molecule has 0 radical (unpaired) electrons. The number of aryl methyl sites for hydroxylation is 1. The first-order valence-electron chi connectivity index (χ1n) is 8.56. The van der Waals surface area contributed by atoms with Gasteiger partial charge in [-0.1, -0.05) is 30.3 Å². The third-order valence-corrected chi connectivity index (χ3v) is 5.32. The number of hydrogen-bond acceptors (Lipinski definition) is 4. The van der Waals surface area contributed by atoms with Gasteiger partial charge >= 0.3 is 5.97 Å². The van der Waals surface area contributed by atoms with Crippen LogP contribution in [0.5, 0.6) is 0 Å². The van der Waals surface area contributed by atoms with Crippen molar-refractivity contribution in [2.75, 3.05) is 0 Å². The number of halogens is 1. The Balaban J connectivity index is 1.99. The second-order valence-corrected chi connectivity index (χ2v) is 7.22. The van der Waals surface area contributed by atoms with Gasteiger partial charge < -0.3 is 5.11 Å². The Morgan fingerprint density at radius 1 is 1.14 bits per heavy atom. The normalized spacial score (nSPS) is 11.0. The quantitative estimate of drug-likeness (QED) is 0.523. The summed E-state index contributed by atoms with van der Waals surface area (Å²) in [6, 6.07) is 14.3. The van der Waals surface area contributed by atoms with Crippen LogP contribution < -0.4 is 0 Å². The van der Waals surface area contributed by atoms with Gasteiger partial charge in [-0.3, -0.25) is 0 Å². The van der Waals surface area contributed by atoms with Gasteiger partial charge in [-0.15, -0.1) is 11.3 Å². The van der Waals surface area contributed by atoms with E-state index in [1.54, 1.807) is 10.7 Å². The molecule has 7 heteroatoms. The summed E-state index contributed by atoms with van der Waals surface area (Å²) >= 11 is 1.20. The number of aromatic carboxylic acids is 1. The fourth-order valence-electron chi connectivity index (χ4n) is 3.17. The van der Waals surface area contributed by atoms with E-state index in [0.717, 1.165) is 33.6 Å². The van der Waals surface area contributed by atoms with Gasteiger partial charge in [-0.2, -0.15) is 5.10 Å². The van der Waals surface area contributed by atoms with Crippen molar-refractivity contribution in [3.05, 3.63) is 76.5 Å². The summed E-state index contributed by atoms with van der Waals surface area (Å²) in [5.41, 5.74) is 4.94. The summed E-state index contributed by atoms with van der Waals surface area (Å²) in [5, 5.41) is 15.9. The molecule has 0 atom stereocenters. The predicted octanol–water partition coefficient (Wildman–Crippen LogP) is 5.12. The molecule has 0 amide bonds. The highest BCUT2D eigenvalue weighted by Gasteiger charge is 2.22. The maximum atomic E-state index is 13.7. The number of benzene rings is 2. The lowest BCUT2D eigenvalue weighted by Gasteiger charge is -2.09. The Morgan fingerprint density at radius 3 is 2.54 bits per heavy atom. The van der Waals surface area contributed by atoms with Gasteiger partial charge in [0.15, 0.2) is 5.69 Å². The van der Waals surface area contributed by atoms with Crippen molar-refractivity contribution in [3.63, 3.8) is 0 Å². The number of carboxylic acids is 1. The molecule has 0 aliphatic carbocycles. The van der Waals surface area contributed by atoms with Gasteiger partial charge in [0.25, 0.3) is 0 Å². The molecule has 2 aromatic carbocycles. The summed E-state index contributed by atoms with van der Waals surface area (Å²) in [6.45, 7) is 3.79. The highest BCUT2D eigenvalue weighted by atomic mass is 32.1. The SMILES string of the molecule is Cc1cc(F)ccc1-c1c(C)c(-c2ccccc2)nn1-c1nc(C(=O)O)cs1. The maximum Gasteiger partial charge on any atom is 0.355 e. The van der Waals surface area contributed by atoms with E-state index in [4.69, 9.17) is 5.10 Å². The number of nitrogens with zero attached hydrogens (tertiary/aromatic N) is 3. The minimum absolute atomic E-state index is 0.0313. The summed E-state index contributed by atoms with van der Waals surface area (Å²) in [4.78, 5) is 15.5. The van der Waals surface area contributed by atoms with Crippen LogP contribution in [0.15, 0.2) is 53.9 Å². The van der Waals surface area contributed by atoms with Crippen LogP contribution in [0.2, 0.25) is 0 Å². The zero-order valence-electron chi connectivity index (χ0n) is 15.2. The Labute approximate surface area is 164 Å². The van der Waals surface area contributed by atoms with E-state index in [2.05, 4.69) is 4.98 Å². The van der Waals surface area contributed by atoms with E-state index in [1.165, 1.54) is 28.8 Å². The molecule has 1 N–H and O–H groups in total. The second kappa shape index (κ2) is 7.01. The Bertz CT molecular complexity index is 1180. The van der Waals surface area contributed by atoms with E-state index in [1.807, 2.05) is 44.2 Å². The molecule has 0 saturated heterocycles. The van der Waals surface area contributed by atoms with E-state index in [9.17, 15) is 14.3 Å². The fraction of sp³-hybridized carbons (Fsp3) is 0.0952. The summed E-state index contributed by atoms with van der Waals surface area (Å²) in [7, 11) is 0. The molecule has 140 valence electrons. The predicted molar refractivity (Wildman–Crippen MR) is 106 cm³/mol. The molecule has 0 aliphatic rings. The van der Waals surface area contributed by atoms with Crippen LogP contribution in [-0.4, -0.2) is 25.8 Å². The molecule has 0 saturated carbocycles. The van der Waals surface area contributed by atoms with Crippen molar-refractivity contribution in [2.24, 2.45) is 0 Å². The van der Waals surface area contributed by atoms with E-state index in [0.29, 0.717) is 5.13 Å². The first-order valence-corrected chi connectivity index (χ1v) is 9.44. The number of rotatable bonds is 4. The number of carboxylic acid groups (broad SMARTS) is 1. The zero-order chi connectivity index (χ0) is 19.8. The van der Waals surface area contributed by atoms with E-state index < -0.39 is 5.97 Å². The van der Waals surface area contributed by atoms with Crippen molar-refractivity contribution in [1.82, 2.24) is 14.8 Å². The third-order valence-electron chi connectivity index (χ3n) is 4.51. The van der Waals surface area contributed by atoms with Crippen molar-refractivity contribution in [3.8, 4) is 27.6 Å². The summed E-state index contributed by atoms with van der Waals surface area (Å²) in [5.74, 6) is -1.40. The van der Waals surface area contributed by atoms with Gasteiger partial charge in [-0.25, -0.2) is 18.9 Å². The molecule has 5 nitrogen and oxygen atoms in total. The maximum absolute atomic E-state index is 13.7. The molecular formula is C21H16FN3O2S.